The van der Waals surface area contributed by atoms with E-state index in [2.05, 4.69) is 15.5 Å². The first kappa shape index (κ1) is 14.9. The molecule has 112 valence electrons. The van der Waals surface area contributed by atoms with Crippen molar-refractivity contribution in [3.8, 4) is 0 Å². The molecule has 1 amide bonds. The first-order valence-electron chi connectivity index (χ1n) is 6.33. The van der Waals surface area contributed by atoms with Gasteiger partial charge in [-0.2, -0.15) is 5.10 Å². The number of carbonyl (C=O) groups excluding carboxylic acids is 1. The molecule has 0 aromatic carbocycles. The van der Waals surface area contributed by atoms with Gasteiger partial charge in [-0.25, -0.2) is 13.6 Å². The Hall–Kier alpha value is -1.45. The van der Waals surface area contributed by atoms with E-state index in [-0.39, 0.29) is 16.5 Å². The highest BCUT2D eigenvalue weighted by Crippen LogP contribution is 2.42. The molecule has 0 radical (unpaired) electrons. The lowest BCUT2D eigenvalue weighted by Crippen LogP contribution is -2.28. The summed E-state index contributed by atoms with van der Waals surface area (Å²) in [4.78, 5) is 11.8. The average Bonchev–Trinajstić information content (AvgIpc) is 3.11. The first-order valence-corrected chi connectivity index (χ1v) is 7.88. The number of sulfonamides is 1. The minimum atomic E-state index is -3.99. The van der Waals surface area contributed by atoms with Crippen molar-refractivity contribution in [2.75, 3.05) is 20.3 Å². The van der Waals surface area contributed by atoms with Crippen LogP contribution >= 0.6 is 0 Å². The zero-order valence-electron chi connectivity index (χ0n) is 11.2. The van der Waals surface area contributed by atoms with E-state index in [4.69, 9.17) is 9.88 Å². The lowest BCUT2D eigenvalue weighted by molar-refractivity contribution is 0.0940. The summed E-state index contributed by atoms with van der Waals surface area (Å²) >= 11 is 0. The summed E-state index contributed by atoms with van der Waals surface area (Å²) in [6, 6.07) is 0. The van der Waals surface area contributed by atoms with Crippen LogP contribution in [0.3, 0.4) is 0 Å². The predicted molar refractivity (Wildman–Crippen MR) is 70.8 cm³/mol. The van der Waals surface area contributed by atoms with E-state index in [0.29, 0.717) is 25.3 Å². The molecule has 1 aromatic heterocycles. The lowest BCUT2D eigenvalue weighted by Gasteiger charge is -2.05. The van der Waals surface area contributed by atoms with E-state index < -0.39 is 15.9 Å². The number of amides is 1. The van der Waals surface area contributed by atoms with E-state index in [1.165, 1.54) is 0 Å². The molecule has 1 heterocycles. The fraction of sp³-hybridized carbons (Fsp3) is 0.636. The topological polar surface area (TPSA) is 127 Å². The molecule has 4 N–H and O–H groups in total. The molecule has 0 saturated heterocycles. The number of hydrogen-bond donors (Lipinski definition) is 3. The number of nitrogens with one attached hydrogen (secondary N) is 2. The molecule has 1 aromatic rings. The molecule has 8 nitrogen and oxygen atoms in total. The molecule has 1 aliphatic carbocycles. The van der Waals surface area contributed by atoms with Crippen molar-refractivity contribution in [2.24, 2.45) is 5.14 Å². The highest BCUT2D eigenvalue weighted by Gasteiger charge is 2.35. The Morgan fingerprint density at radius 2 is 2.25 bits per heavy atom. The number of rotatable bonds is 7. The summed E-state index contributed by atoms with van der Waals surface area (Å²) in [7, 11) is -2.42. The van der Waals surface area contributed by atoms with Crippen LogP contribution in [0.4, 0.5) is 0 Å². The average molecular weight is 302 g/mol. The maximum Gasteiger partial charge on any atom is 0.273 e. The Balaban J connectivity index is 2.17. The van der Waals surface area contributed by atoms with Crippen molar-refractivity contribution in [3.63, 3.8) is 0 Å². The van der Waals surface area contributed by atoms with E-state index in [0.717, 1.165) is 12.8 Å². The Morgan fingerprint density at radius 1 is 1.55 bits per heavy atom. The quantitative estimate of drug-likeness (QED) is 0.596. The molecule has 1 saturated carbocycles. The standard InChI is InChI=1S/C11H18N4O4S/c1-19-6-2-5-13-11(16)9-10(20(12,17)18)8(14-15-9)7-3-4-7/h7H,2-6H2,1H3,(H,13,16)(H,14,15)(H2,12,17,18). The molecule has 20 heavy (non-hydrogen) atoms. The fourth-order valence-electron chi connectivity index (χ4n) is 1.94. The second-order valence-corrected chi connectivity index (χ2v) is 6.23. The third-order valence-corrected chi connectivity index (χ3v) is 4.03. The highest BCUT2D eigenvalue weighted by atomic mass is 32.2. The number of aromatic nitrogens is 2. The van der Waals surface area contributed by atoms with E-state index >= 15 is 0 Å². The number of primary sulfonamides is 1. The van der Waals surface area contributed by atoms with E-state index in [1.807, 2.05) is 0 Å². The van der Waals surface area contributed by atoms with Gasteiger partial charge in [-0.1, -0.05) is 0 Å². The van der Waals surface area contributed by atoms with Gasteiger partial charge in [-0.3, -0.25) is 9.89 Å². The number of hydrogen-bond acceptors (Lipinski definition) is 5. The molecule has 0 atom stereocenters. The molecular formula is C11H18N4O4S. The van der Waals surface area contributed by atoms with Crippen molar-refractivity contribution in [2.45, 2.75) is 30.1 Å². The molecule has 0 unspecified atom stereocenters. The van der Waals surface area contributed by atoms with Crippen molar-refractivity contribution in [1.29, 1.82) is 0 Å². The maximum atomic E-state index is 12.0. The van der Waals surface area contributed by atoms with Crippen molar-refractivity contribution >= 4 is 15.9 Å². The number of carbonyl (C=O) groups is 1. The number of nitrogens with two attached hydrogens (primary N) is 1. The minimum Gasteiger partial charge on any atom is -0.385 e. The minimum absolute atomic E-state index is 0.103. The second kappa shape index (κ2) is 5.90. The molecule has 1 aliphatic rings. The summed E-state index contributed by atoms with van der Waals surface area (Å²) in [5, 5.41) is 14.2. The molecule has 9 heteroatoms. The van der Waals surface area contributed by atoms with Gasteiger partial charge in [0.1, 0.15) is 4.90 Å². The van der Waals surface area contributed by atoms with Crippen LogP contribution in [0.2, 0.25) is 0 Å². The summed E-state index contributed by atoms with van der Waals surface area (Å²) in [6.07, 6.45) is 2.38. The smallest absolute Gasteiger partial charge is 0.273 e. The normalized spacial score (nSPS) is 15.3. The van der Waals surface area contributed by atoms with Gasteiger partial charge in [0, 0.05) is 26.2 Å². The largest absolute Gasteiger partial charge is 0.385 e. The van der Waals surface area contributed by atoms with Crippen LogP contribution in [0.1, 0.15) is 41.4 Å². The Kier molecular flexibility index (Phi) is 4.41. The molecule has 0 aliphatic heterocycles. The maximum absolute atomic E-state index is 12.0. The predicted octanol–water partition coefficient (Wildman–Crippen LogP) is -0.299. The van der Waals surface area contributed by atoms with Crippen LogP contribution in [0.15, 0.2) is 4.90 Å². The van der Waals surface area contributed by atoms with Gasteiger partial charge >= 0.3 is 0 Å². The second-order valence-electron chi connectivity index (χ2n) is 4.74. The Morgan fingerprint density at radius 3 is 2.80 bits per heavy atom. The van der Waals surface area contributed by atoms with E-state index in [9.17, 15) is 13.2 Å². The van der Waals surface area contributed by atoms with Gasteiger partial charge in [0.05, 0.1) is 5.69 Å². The molecule has 0 bridgehead atoms. The summed E-state index contributed by atoms with van der Waals surface area (Å²) < 4.78 is 28.2. The zero-order valence-corrected chi connectivity index (χ0v) is 12.0. The third-order valence-electron chi connectivity index (χ3n) is 3.04. The highest BCUT2D eigenvalue weighted by molar-refractivity contribution is 7.89. The van der Waals surface area contributed by atoms with Crippen LogP contribution in [0, 0.1) is 0 Å². The third kappa shape index (κ3) is 3.35. The number of nitrogens with zero attached hydrogens (tertiary/aromatic N) is 1. The lowest BCUT2D eigenvalue weighted by atomic mass is 10.2. The Labute approximate surface area is 117 Å². The van der Waals surface area contributed by atoms with Gasteiger partial charge in [0.25, 0.3) is 5.91 Å². The van der Waals surface area contributed by atoms with Crippen LogP contribution < -0.4 is 10.5 Å². The molecular weight excluding hydrogens is 284 g/mol. The fourth-order valence-corrected chi connectivity index (χ4v) is 2.86. The van der Waals surface area contributed by atoms with Crippen LogP contribution in [0.5, 0.6) is 0 Å². The van der Waals surface area contributed by atoms with Crippen LogP contribution in [0.25, 0.3) is 0 Å². The summed E-state index contributed by atoms with van der Waals surface area (Å²) in [6.45, 7) is 0.887. The summed E-state index contributed by atoms with van der Waals surface area (Å²) in [5.41, 5.74) is 0.279. The number of H-pyrrole nitrogens is 1. The van der Waals surface area contributed by atoms with Crippen LogP contribution in [-0.2, 0) is 14.8 Å². The number of methoxy groups -OCH3 is 1. The van der Waals surface area contributed by atoms with Gasteiger partial charge in [0.15, 0.2) is 5.69 Å². The monoisotopic (exact) mass is 302 g/mol. The molecule has 2 rings (SSSR count). The first-order chi connectivity index (χ1) is 9.45. The SMILES string of the molecule is COCCCNC(=O)c1n[nH]c(C2CC2)c1S(N)(=O)=O. The Bertz CT molecular complexity index is 592. The van der Waals surface area contributed by atoms with Gasteiger partial charge in [0.2, 0.25) is 10.0 Å². The van der Waals surface area contributed by atoms with Gasteiger partial charge in [-0.15, -0.1) is 0 Å². The van der Waals surface area contributed by atoms with E-state index in [1.54, 1.807) is 7.11 Å². The van der Waals surface area contributed by atoms with Gasteiger partial charge in [-0.05, 0) is 19.3 Å². The number of aromatic amines is 1. The summed E-state index contributed by atoms with van der Waals surface area (Å²) in [5.74, 6) is -0.445. The van der Waals surface area contributed by atoms with Crippen molar-refractivity contribution < 1.29 is 17.9 Å². The molecule has 1 fully saturated rings. The molecule has 0 spiro atoms. The zero-order chi connectivity index (χ0) is 14.8. The van der Waals surface area contributed by atoms with Crippen molar-refractivity contribution in [1.82, 2.24) is 15.5 Å². The van der Waals surface area contributed by atoms with Gasteiger partial charge < -0.3 is 10.1 Å². The number of ether oxygens (including phenoxy) is 1. The van der Waals surface area contributed by atoms with Crippen LogP contribution in [-0.4, -0.2) is 44.8 Å². The van der Waals surface area contributed by atoms with Crippen molar-refractivity contribution in [3.05, 3.63) is 11.4 Å².